The molecule has 1 atom stereocenters. The Morgan fingerprint density at radius 2 is 2.20 bits per heavy atom. The summed E-state index contributed by atoms with van der Waals surface area (Å²) in [6.07, 6.45) is 11.2. The second kappa shape index (κ2) is 8.18. The van der Waals surface area contributed by atoms with Crippen LogP contribution in [-0.2, 0) is 11.3 Å². The zero-order valence-corrected chi connectivity index (χ0v) is 16.9. The minimum atomic E-state index is -0.198. The van der Waals surface area contributed by atoms with Crippen LogP contribution >= 0.6 is 11.3 Å². The third-order valence-electron chi connectivity index (χ3n) is 4.96. The summed E-state index contributed by atoms with van der Waals surface area (Å²) in [5.74, 6) is 6.15. The molecule has 0 aromatic carbocycles. The van der Waals surface area contributed by atoms with Gasteiger partial charge in [0.25, 0.3) is 5.56 Å². The van der Waals surface area contributed by atoms with Crippen molar-refractivity contribution >= 4 is 22.4 Å². The van der Waals surface area contributed by atoms with Crippen LogP contribution in [0.5, 0.6) is 0 Å². The van der Waals surface area contributed by atoms with Crippen LogP contribution in [-0.4, -0.2) is 41.8 Å². The molecule has 9 heteroatoms. The number of imidazole rings is 1. The summed E-state index contributed by atoms with van der Waals surface area (Å²) in [5.41, 5.74) is 1.59. The van der Waals surface area contributed by atoms with Crippen molar-refractivity contribution in [3.63, 3.8) is 0 Å². The van der Waals surface area contributed by atoms with Crippen LogP contribution in [0.1, 0.15) is 30.5 Å². The molecule has 0 bridgehead atoms. The van der Waals surface area contributed by atoms with Gasteiger partial charge in [0, 0.05) is 29.8 Å². The van der Waals surface area contributed by atoms with E-state index in [2.05, 4.69) is 31.8 Å². The van der Waals surface area contributed by atoms with Gasteiger partial charge in [0.05, 0.1) is 24.0 Å². The zero-order chi connectivity index (χ0) is 20.3. The van der Waals surface area contributed by atoms with E-state index in [1.165, 1.54) is 17.7 Å². The lowest BCUT2D eigenvalue weighted by Crippen LogP contribution is -2.25. The SMILES string of the molecule is O=c1c(C#CC2CCCCO2)cc2cncnc2n1Cc1cncn1-c1nccs1. The van der Waals surface area contributed by atoms with E-state index in [1.807, 2.05) is 9.95 Å². The van der Waals surface area contributed by atoms with Crippen LogP contribution in [0.15, 0.2) is 47.5 Å². The molecule has 5 heterocycles. The van der Waals surface area contributed by atoms with Crippen molar-refractivity contribution in [1.29, 1.82) is 0 Å². The van der Waals surface area contributed by atoms with E-state index < -0.39 is 0 Å². The molecule has 4 aromatic heterocycles. The topological polar surface area (TPSA) is 87.7 Å². The van der Waals surface area contributed by atoms with E-state index in [9.17, 15) is 4.79 Å². The highest BCUT2D eigenvalue weighted by Crippen LogP contribution is 2.17. The lowest BCUT2D eigenvalue weighted by atomic mass is 10.1. The summed E-state index contributed by atoms with van der Waals surface area (Å²) in [6, 6.07) is 1.75. The molecule has 0 N–H and O–H groups in total. The first-order chi connectivity index (χ1) is 14.8. The molecule has 4 aromatic rings. The van der Waals surface area contributed by atoms with Crippen molar-refractivity contribution in [3.8, 4) is 17.0 Å². The van der Waals surface area contributed by atoms with Crippen molar-refractivity contribution < 1.29 is 4.74 Å². The summed E-state index contributed by atoms with van der Waals surface area (Å²) in [5, 5.41) is 3.45. The molecular formula is C21H18N6O2S. The third kappa shape index (κ3) is 3.63. The molecule has 1 saturated heterocycles. The molecule has 0 spiro atoms. The highest BCUT2D eigenvalue weighted by atomic mass is 32.1. The molecule has 150 valence electrons. The van der Waals surface area contributed by atoms with Crippen LogP contribution in [0.4, 0.5) is 0 Å². The Balaban J connectivity index is 1.58. The number of hydrogen-bond acceptors (Lipinski definition) is 7. The van der Waals surface area contributed by atoms with E-state index in [4.69, 9.17) is 4.74 Å². The highest BCUT2D eigenvalue weighted by molar-refractivity contribution is 7.12. The molecule has 0 amide bonds. The molecular weight excluding hydrogens is 400 g/mol. The fraction of sp³-hybridized carbons (Fsp3) is 0.286. The standard InChI is InChI=1S/C21H18N6O2S/c28-20-15(4-5-18-3-1-2-7-29-18)9-16-10-22-13-25-19(16)26(20)12-17-11-23-14-27(17)21-24-6-8-30-21/h6,8-11,13-14,18H,1-3,7,12H2. The molecule has 0 aliphatic carbocycles. The molecule has 8 nitrogen and oxygen atoms in total. The van der Waals surface area contributed by atoms with E-state index in [1.54, 1.807) is 35.6 Å². The van der Waals surface area contributed by atoms with Gasteiger partial charge in [0.1, 0.15) is 24.4 Å². The largest absolute Gasteiger partial charge is 0.366 e. The fourth-order valence-corrected chi connectivity index (χ4v) is 4.12. The second-order valence-electron chi connectivity index (χ2n) is 6.95. The Morgan fingerprint density at radius 1 is 1.23 bits per heavy atom. The van der Waals surface area contributed by atoms with Gasteiger partial charge in [-0.3, -0.25) is 13.9 Å². The quantitative estimate of drug-likeness (QED) is 0.475. The predicted octanol–water partition coefficient (Wildman–Crippen LogP) is 2.40. The summed E-state index contributed by atoms with van der Waals surface area (Å²) in [4.78, 5) is 30.3. The Hall–Kier alpha value is -3.35. The van der Waals surface area contributed by atoms with Crippen molar-refractivity contribution in [2.24, 2.45) is 0 Å². The lowest BCUT2D eigenvalue weighted by molar-refractivity contribution is 0.0526. The molecule has 0 saturated carbocycles. The minimum absolute atomic E-state index is 0.124. The number of hydrogen-bond donors (Lipinski definition) is 0. The van der Waals surface area contributed by atoms with Gasteiger partial charge in [-0.25, -0.2) is 19.9 Å². The minimum Gasteiger partial charge on any atom is -0.366 e. The van der Waals surface area contributed by atoms with Crippen molar-refractivity contribution in [3.05, 3.63) is 64.3 Å². The first-order valence-electron chi connectivity index (χ1n) is 9.67. The highest BCUT2D eigenvalue weighted by Gasteiger charge is 2.15. The van der Waals surface area contributed by atoms with Crippen molar-refractivity contribution in [1.82, 2.24) is 29.1 Å². The summed E-state index contributed by atoms with van der Waals surface area (Å²) >= 11 is 1.50. The number of rotatable bonds is 3. The van der Waals surface area contributed by atoms with Gasteiger partial charge in [-0.15, -0.1) is 11.3 Å². The number of aromatic nitrogens is 6. The first-order valence-corrected chi connectivity index (χ1v) is 10.6. The smallest absolute Gasteiger partial charge is 0.268 e. The second-order valence-corrected chi connectivity index (χ2v) is 7.82. The molecule has 5 rings (SSSR count). The van der Waals surface area contributed by atoms with Gasteiger partial charge < -0.3 is 4.74 Å². The average Bonchev–Trinajstić information content (AvgIpc) is 3.47. The van der Waals surface area contributed by atoms with Gasteiger partial charge in [-0.05, 0) is 25.3 Å². The molecule has 1 aliphatic rings. The molecule has 30 heavy (non-hydrogen) atoms. The van der Waals surface area contributed by atoms with Crippen molar-refractivity contribution in [2.45, 2.75) is 31.9 Å². The van der Waals surface area contributed by atoms with Gasteiger partial charge in [-0.1, -0.05) is 11.8 Å². The number of fused-ring (bicyclic) bond motifs is 1. The fourth-order valence-electron chi connectivity index (χ4n) is 3.48. The lowest BCUT2D eigenvalue weighted by Gasteiger charge is -2.17. The van der Waals surface area contributed by atoms with Crippen LogP contribution in [0.2, 0.25) is 0 Å². The van der Waals surface area contributed by atoms with E-state index in [0.29, 0.717) is 17.8 Å². The number of thiazole rings is 1. The van der Waals surface area contributed by atoms with Crippen LogP contribution in [0, 0.1) is 11.8 Å². The van der Waals surface area contributed by atoms with Crippen LogP contribution in [0.25, 0.3) is 16.2 Å². The maximum absolute atomic E-state index is 13.3. The van der Waals surface area contributed by atoms with E-state index in [-0.39, 0.29) is 11.7 Å². The maximum atomic E-state index is 13.3. The van der Waals surface area contributed by atoms with Gasteiger partial charge >= 0.3 is 0 Å². The number of ether oxygens (including phenoxy) is 1. The van der Waals surface area contributed by atoms with E-state index in [0.717, 1.165) is 42.1 Å². The molecule has 1 aliphatic heterocycles. The van der Waals surface area contributed by atoms with Gasteiger partial charge in [-0.2, -0.15) is 0 Å². The Bertz CT molecular complexity index is 1290. The number of pyridine rings is 1. The van der Waals surface area contributed by atoms with Gasteiger partial charge in [0.15, 0.2) is 5.13 Å². The summed E-state index contributed by atoms with van der Waals surface area (Å²) in [6.45, 7) is 1.01. The number of nitrogens with zero attached hydrogens (tertiary/aromatic N) is 6. The van der Waals surface area contributed by atoms with Crippen molar-refractivity contribution in [2.75, 3.05) is 6.61 Å². The Kier molecular flexibility index (Phi) is 5.09. The average molecular weight is 418 g/mol. The third-order valence-corrected chi connectivity index (χ3v) is 5.73. The van der Waals surface area contributed by atoms with E-state index >= 15 is 0 Å². The predicted molar refractivity (Wildman–Crippen MR) is 113 cm³/mol. The summed E-state index contributed by atoms with van der Waals surface area (Å²) in [7, 11) is 0. The van der Waals surface area contributed by atoms with Gasteiger partial charge in [0.2, 0.25) is 0 Å². The normalized spacial score (nSPS) is 16.3. The molecule has 1 unspecified atom stereocenters. The molecule has 0 radical (unpaired) electrons. The van der Waals surface area contributed by atoms with Crippen LogP contribution < -0.4 is 5.56 Å². The van der Waals surface area contributed by atoms with Crippen LogP contribution in [0.3, 0.4) is 0 Å². The zero-order valence-electron chi connectivity index (χ0n) is 16.1. The Morgan fingerprint density at radius 3 is 3.03 bits per heavy atom. The summed E-state index contributed by atoms with van der Waals surface area (Å²) < 4.78 is 9.16. The first kappa shape index (κ1) is 18.7. The molecule has 1 fully saturated rings. The monoisotopic (exact) mass is 418 g/mol. The maximum Gasteiger partial charge on any atom is 0.268 e. The Labute approximate surface area is 176 Å².